The van der Waals surface area contributed by atoms with Gasteiger partial charge in [-0.05, 0) is 18.4 Å². The summed E-state index contributed by atoms with van der Waals surface area (Å²) in [5.41, 5.74) is 1.05. The Labute approximate surface area is 121 Å². The molecule has 2 N–H and O–H groups in total. The van der Waals surface area contributed by atoms with Crippen LogP contribution >= 0.6 is 0 Å². The van der Waals surface area contributed by atoms with Crippen LogP contribution in [0.25, 0.3) is 0 Å². The lowest BCUT2D eigenvalue weighted by Gasteiger charge is -2.39. The summed E-state index contributed by atoms with van der Waals surface area (Å²) in [6, 6.07) is 10.2. The summed E-state index contributed by atoms with van der Waals surface area (Å²) < 4.78 is 5.56. The van der Waals surface area contributed by atoms with E-state index in [4.69, 9.17) is 4.74 Å². The maximum Gasteiger partial charge on any atom is 0.0558 e. The Balaban J connectivity index is 2.00. The summed E-state index contributed by atoms with van der Waals surface area (Å²) in [4.78, 5) is 2.21. The number of hydrogen-bond donors (Lipinski definition) is 2. The van der Waals surface area contributed by atoms with E-state index in [9.17, 15) is 10.2 Å². The molecule has 0 aliphatic carbocycles. The van der Waals surface area contributed by atoms with Crippen LogP contribution in [0.3, 0.4) is 0 Å². The van der Waals surface area contributed by atoms with Gasteiger partial charge in [-0.1, -0.05) is 30.3 Å². The van der Waals surface area contributed by atoms with Gasteiger partial charge in [0.2, 0.25) is 0 Å². The molecule has 1 saturated heterocycles. The smallest absolute Gasteiger partial charge is 0.0558 e. The lowest BCUT2D eigenvalue weighted by molar-refractivity contribution is -0.0579. The van der Waals surface area contributed by atoms with Crippen LogP contribution in [-0.4, -0.2) is 54.6 Å². The highest BCUT2D eigenvalue weighted by Crippen LogP contribution is 2.29. The number of hydrogen-bond acceptors (Lipinski definition) is 4. The molecule has 0 spiro atoms. The fraction of sp³-hybridized carbons (Fsp3) is 0.625. The zero-order valence-electron chi connectivity index (χ0n) is 12.0. The Hall–Kier alpha value is -0.940. The number of benzene rings is 1. The molecule has 112 valence electrons. The summed E-state index contributed by atoms with van der Waals surface area (Å²) >= 11 is 0. The summed E-state index contributed by atoms with van der Waals surface area (Å²) in [5.74, 6) is 0. The SMILES string of the molecule is OCCN(Cc1ccccc1)CC1(CO)CCCOC1. The van der Waals surface area contributed by atoms with Gasteiger partial charge in [0.15, 0.2) is 0 Å². The largest absolute Gasteiger partial charge is 0.396 e. The van der Waals surface area contributed by atoms with Gasteiger partial charge in [-0.15, -0.1) is 0 Å². The molecule has 20 heavy (non-hydrogen) atoms. The van der Waals surface area contributed by atoms with Gasteiger partial charge in [-0.2, -0.15) is 0 Å². The minimum atomic E-state index is -0.178. The maximum absolute atomic E-state index is 9.76. The molecule has 1 aromatic carbocycles. The Bertz CT molecular complexity index is 377. The fourth-order valence-corrected chi connectivity index (χ4v) is 2.88. The third kappa shape index (κ3) is 4.28. The van der Waals surface area contributed by atoms with E-state index in [1.165, 1.54) is 5.56 Å². The molecule has 1 fully saturated rings. The molecule has 0 radical (unpaired) electrons. The van der Waals surface area contributed by atoms with E-state index in [1.54, 1.807) is 0 Å². The Morgan fingerprint density at radius 1 is 1.20 bits per heavy atom. The predicted molar refractivity (Wildman–Crippen MR) is 78.4 cm³/mol. The molecular weight excluding hydrogens is 254 g/mol. The van der Waals surface area contributed by atoms with Crippen LogP contribution < -0.4 is 0 Å². The predicted octanol–water partition coefficient (Wildman–Crippen LogP) is 1.27. The van der Waals surface area contributed by atoms with Gasteiger partial charge in [-0.3, -0.25) is 4.90 Å². The Morgan fingerprint density at radius 3 is 2.60 bits per heavy atom. The molecule has 1 aliphatic rings. The lowest BCUT2D eigenvalue weighted by atomic mass is 9.82. The highest BCUT2D eigenvalue weighted by Gasteiger charge is 2.34. The molecule has 1 aliphatic heterocycles. The number of nitrogens with zero attached hydrogens (tertiary/aromatic N) is 1. The first-order valence-electron chi connectivity index (χ1n) is 7.34. The first-order valence-corrected chi connectivity index (χ1v) is 7.34. The fourth-order valence-electron chi connectivity index (χ4n) is 2.88. The molecule has 0 bridgehead atoms. The molecule has 2 rings (SSSR count). The molecule has 0 saturated carbocycles. The van der Waals surface area contributed by atoms with Gasteiger partial charge in [0.1, 0.15) is 0 Å². The van der Waals surface area contributed by atoms with Crippen molar-refractivity contribution in [2.24, 2.45) is 5.41 Å². The van der Waals surface area contributed by atoms with E-state index in [0.717, 1.165) is 32.5 Å². The number of rotatable bonds is 7. The molecule has 0 aromatic heterocycles. The molecule has 1 atom stereocenters. The lowest BCUT2D eigenvalue weighted by Crippen LogP contribution is -2.46. The van der Waals surface area contributed by atoms with Gasteiger partial charge >= 0.3 is 0 Å². The zero-order valence-corrected chi connectivity index (χ0v) is 12.0. The van der Waals surface area contributed by atoms with Crippen LogP contribution in [0, 0.1) is 5.41 Å². The Kier molecular flexibility index (Phi) is 5.98. The van der Waals surface area contributed by atoms with E-state index >= 15 is 0 Å². The van der Waals surface area contributed by atoms with Crippen LogP contribution in [0.1, 0.15) is 18.4 Å². The minimum absolute atomic E-state index is 0.134. The first-order chi connectivity index (χ1) is 9.78. The van der Waals surface area contributed by atoms with Crippen molar-refractivity contribution in [2.45, 2.75) is 19.4 Å². The normalized spacial score (nSPS) is 23.1. The van der Waals surface area contributed by atoms with Gasteiger partial charge in [0.05, 0.1) is 19.8 Å². The van der Waals surface area contributed by atoms with Crippen LogP contribution in [0.15, 0.2) is 30.3 Å². The van der Waals surface area contributed by atoms with Crippen molar-refractivity contribution in [3.63, 3.8) is 0 Å². The summed E-state index contributed by atoms with van der Waals surface area (Å²) in [5, 5.41) is 19.0. The Morgan fingerprint density at radius 2 is 2.00 bits per heavy atom. The van der Waals surface area contributed by atoms with Gasteiger partial charge in [0.25, 0.3) is 0 Å². The first kappa shape index (κ1) is 15.4. The van der Waals surface area contributed by atoms with Crippen molar-refractivity contribution in [3.05, 3.63) is 35.9 Å². The minimum Gasteiger partial charge on any atom is -0.396 e. The second-order valence-corrected chi connectivity index (χ2v) is 5.73. The van der Waals surface area contributed by atoms with E-state index < -0.39 is 0 Å². The average molecular weight is 279 g/mol. The van der Waals surface area contributed by atoms with Crippen molar-refractivity contribution >= 4 is 0 Å². The van der Waals surface area contributed by atoms with Crippen LogP contribution in [-0.2, 0) is 11.3 Å². The van der Waals surface area contributed by atoms with Crippen molar-refractivity contribution < 1.29 is 14.9 Å². The van der Waals surface area contributed by atoms with Crippen molar-refractivity contribution in [1.82, 2.24) is 4.90 Å². The summed E-state index contributed by atoms with van der Waals surface area (Å²) in [6.45, 7) is 3.86. The molecular formula is C16H25NO3. The van der Waals surface area contributed by atoms with Crippen LogP contribution in [0.2, 0.25) is 0 Å². The highest BCUT2D eigenvalue weighted by atomic mass is 16.5. The van der Waals surface area contributed by atoms with Crippen LogP contribution in [0.4, 0.5) is 0 Å². The van der Waals surface area contributed by atoms with E-state index in [1.807, 2.05) is 18.2 Å². The van der Waals surface area contributed by atoms with Gasteiger partial charge in [-0.25, -0.2) is 0 Å². The summed E-state index contributed by atoms with van der Waals surface area (Å²) in [6.07, 6.45) is 1.99. The maximum atomic E-state index is 9.76. The molecule has 1 heterocycles. The third-order valence-corrected chi connectivity index (χ3v) is 3.96. The molecule has 1 unspecified atom stereocenters. The van der Waals surface area contributed by atoms with Crippen LogP contribution in [0.5, 0.6) is 0 Å². The van der Waals surface area contributed by atoms with Gasteiger partial charge < -0.3 is 14.9 Å². The topological polar surface area (TPSA) is 52.9 Å². The zero-order chi connectivity index (χ0) is 14.3. The van der Waals surface area contributed by atoms with E-state index in [0.29, 0.717) is 13.2 Å². The monoisotopic (exact) mass is 279 g/mol. The highest BCUT2D eigenvalue weighted by molar-refractivity contribution is 5.14. The molecule has 4 heteroatoms. The van der Waals surface area contributed by atoms with E-state index in [-0.39, 0.29) is 18.6 Å². The van der Waals surface area contributed by atoms with E-state index in [2.05, 4.69) is 17.0 Å². The van der Waals surface area contributed by atoms with Crippen molar-refractivity contribution in [1.29, 1.82) is 0 Å². The van der Waals surface area contributed by atoms with Gasteiger partial charge in [0, 0.05) is 31.7 Å². The standard InChI is InChI=1S/C16H25NO3/c18-9-8-17(11-15-5-2-1-3-6-15)12-16(13-19)7-4-10-20-14-16/h1-3,5-6,18-19H,4,7-14H2. The molecule has 4 nitrogen and oxygen atoms in total. The van der Waals surface area contributed by atoms with Crippen molar-refractivity contribution in [2.75, 3.05) is 39.5 Å². The second-order valence-electron chi connectivity index (χ2n) is 5.73. The molecule has 0 amide bonds. The average Bonchev–Trinajstić information content (AvgIpc) is 2.49. The molecule has 1 aromatic rings. The second kappa shape index (κ2) is 7.74. The summed E-state index contributed by atoms with van der Waals surface area (Å²) in [7, 11) is 0. The third-order valence-electron chi connectivity index (χ3n) is 3.96. The number of aliphatic hydroxyl groups is 2. The number of ether oxygens (including phenoxy) is 1. The quantitative estimate of drug-likeness (QED) is 0.789. The van der Waals surface area contributed by atoms with Crippen molar-refractivity contribution in [3.8, 4) is 0 Å². The number of aliphatic hydroxyl groups excluding tert-OH is 2.